The zero-order chi connectivity index (χ0) is 18.0. The highest BCUT2D eigenvalue weighted by atomic mass is 16.5. The molecule has 0 bridgehead atoms. The quantitative estimate of drug-likeness (QED) is 0.839. The first-order valence-electron chi connectivity index (χ1n) is 8.80. The topological polar surface area (TPSA) is 82.5 Å². The molecular formula is C18H26N4O3. The van der Waals surface area contributed by atoms with Crippen LogP contribution in [0.4, 0.5) is 0 Å². The monoisotopic (exact) mass is 346 g/mol. The zero-order valence-electron chi connectivity index (χ0n) is 14.9. The number of carbonyl (C=O) groups excluding carboxylic acids is 1. The van der Waals surface area contributed by atoms with Gasteiger partial charge in [0.1, 0.15) is 6.04 Å². The van der Waals surface area contributed by atoms with Crippen LogP contribution in [-0.4, -0.2) is 52.8 Å². The van der Waals surface area contributed by atoms with Gasteiger partial charge in [0.25, 0.3) is 0 Å². The summed E-state index contributed by atoms with van der Waals surface area (Å²) in [5.74, 6) is -0.540. The molecule has 1 amide bonds. The second kappa shape index (κ2) is 7.41. The summed E-state index contributed by atoms with van der Waals surface area (Å²) in [5, 5.41) is 0. The van der Waals surface area contributed by atoms with Gasteiger partial charge in [-0.3, -0.25) is 18.8 Å². The van der Waals surface area contributed by atoms with Crippen molar-refractivity contribution in [2.75, 3.05) is 32.8 Å². The predicted molar refractivity (Wildman–Crippen MR) is 96.5 cm³/mol. The lowest BCUT2D eigenvalue weighted by molar-refractivity contribution is -0.122. The van der Waals surface area contributed by atoms with Gasteiger partial charge in [-0.1, -0.05) is 26.0 Å². The molecule has 1 fully saturated rings. The largest absolute Gasteiger partial charge is 0.379 e. The first kappa shape index (κ1) is 17.7. The molecule has 7 heteroatoms. The van der Waals surface area contributed by atoms with Crippen LogP contribution in [0.3, 0.4) is 0 Å². The molecule has 1 aliphatic heterocycles. The van der Waals surface area contributed by atoms with Gasteiger partial charge >= 0.3 is 5.69 Å². The van der Waals surface area contributed by atoms with Crippen LogP contribution < -0.4 is 11.4 Å². The number of nitrogens with zero attached hydrogens (tertiary/aromatic N) is 3. The molecule has 1 atom stereocenters. The molecule has 3 rings (SSSR count). The second-order valence-electron chi connectivity index (χ2n) is 6.84. The lowest BCUT2D eigenvalue weighted by Crippen LogP contribution is -2.40. The van der Waals surface area contributed by atoms with E-state index in [0.717, 1.165) is 43.9 Å². The summed E-state index contributed by atoms with van der Waals surface area (Å²) >= 11 is 0. The van der Waals surface area contributed by atoms with Gasteiger partial charge in [-0.15, -0.1) is 0 Å². The normalized spacial score (nSPS) is 17.2. The summed E-state index contributed by atoms with van der Waals surface area (Å²) in [6, 6.07) is 6.93. The molecule has 0 unspecified atom stereocenters. The minimum absolute atomic E-state index is 0.0614. The van der Waals surface area contributed by atoms with E-state index in [0.29, 0.717) is 6.54 Å². The molecule has 0 aliphatic carbocycles. The van der Waals surface area contributed by atoms with Crippen molar-refractivity contribution in [3.05, 3.63) is 34.7 Å². The minimum atomic E-state index is -0.651. The fourth-order valence-electron chi connectivity index (χ4n) is 3.54. The first-order valence-corrected chi connectivity index (χ1v) is 8.80. The second-order valence-corrected chi connectivity index (χ2v) is 6.84. The van der Waals surface area contributed by atoms with Gasteiger partial charge < -0.3 is 10.5 Å². The number of imidazole rings is 1. The molecule has 0 saturated carbocycles. The third-order valence-electron chi connectivity index (χ3n) is 4.81. The van der Waals surface area contributed by atoms with Crippen LogP contribution in [0.5, 0.6) is 0 Å². The van der Waals surface area contributed by atoms with Crippen LogP contribution in [0.2, 0.25) is 0 Å². The van der Waals surface area contributed by atoms with E-state index in [-0.39, 0.29) is 11.6 Å². The van der Waals surface area contributed by atoms with Crippen LogP contribution in [-0.2, 0) is 16.1 Å². The number of hydrogen-bond acceptors (Lipinski definition) is 4. The standard InChI is InChI=1S/C18H26N4O3/c1-13(2)16(17(19)23)22-15-6-4-3-5-14(15)21(18(22)24)8-7-20-9-11-25-12-10-20/h3-6,13,16H,7-12H2,1-2H3,(H2,19,23)/t16-/m0/s1. The number of aromatic nitrogens is 2. The average Bonchev–Trinajstić information content (AvgIpc) is 2.86. The third kappa shape index (κ3) is 3.48. The van der Waals surface area contributed by atoms with Crippen LogP contribution in [0, 0.1) is 5.92 Å². The van der Waals surface area contributed by atoms with Crippen LogP contribution in [0.1, 0.15) is 19.9 Å². The molecular weight excluding hydrogens is 320 g/mol. The molecule has 25 heavy (non-hydrogen) atoms. The van der Waals surface area contributed by atoms with Gasteiger partial charge in [-0.25, -0.2) is 4.79 Å². The summed E-state index contributed by atoms with van der Waals surface area (Å²) in [5.41, 5.74) is 7.02. The van der Waals surface area contributed by atoms with Crippen molar-refractivity contribution in [2.45, 2.75) is 26.4 Å². The maximum Gasteiger partial charge on any atom is 0.329 e. The lowest BCUT2D eigenvalue weighted by Gasteiger charge is -2.26. The van der Waals surface area contributed by atoms with Crippen molar-refractivity contribution in [1.29, 1.82) is 0 Å². The Labute approximate surface area is 147 Å². The SMILES string of the molecule is CC(C)[C@@H](C(N)=O)n1c(=O)n(CCN2CCOCC2)c2ccccc21. The summed E-state index contributed by atoms with van der Waals surface area (Å²) in [6.45, 7) is 8.38. The van der Waals surface area contributed by atoms with Crippen molar-refractivity contribution < 1.29 is 9.53 Å². The lowest BCUT2D eigenvalue weighted by atomic mass is 10.0. The van der Waals surface area contributed by atoms with Crippen LogP contribution in [0.15, 0.2) is 29.1 Å². The molecule has 2 N–H and O–H groups in total. The summed E-state index contributed by atoms with van der Waals surface area (Å²) in [6.07, 6.45) is 0. The molecule has 1 aliphatic rings. The fraction of sp³-hybridized carbons (Fsp3) is 0.556. The zero-order valence-corrected chi connectivity index (χ0v) is 14.9. The Kier molecular flexibility index (Phi) is 5.24. The van der Waals surface area contributed by atoms with E-state index in [1.165, 1.54) is 0 Å². The molecule has 1 aromatic heterocycles. The number of rotatable bonds is 6. The maximum atomic E-state index is 13.1. The predicted octanol–water partition coefficient (Wildman–Crippen LogP) is 0.818. The number of carbonyl (C=O) groups is 1. The Hall–Kier alpha value is -2.12. The Balaban J connectivity index is 2.00. The molecule has 2 heterocycles. The third-order valence-corrected chi connectivity index (χ3v) is 4.81. The van der Waals surface area contributed by atoms with Crippen LogP contribution in [0.25, 0.3) is 11.0 Å². The number of hydrogen-bond donors (Lipinski definition) is 1. The molecule has 2 aromatic rings. The minimum Gasteiger partial charge on any atom is -0.379 e. The molecule has 7 nitrogen and oxygen atoms in total. The highest BCUT2D eigenvalue weighted by molar-refractivity contribution is 5.83. The molecule has 1 saturated heterocycles. The van der Waals surface area contributed by atoms with Gasteiger partial charge in [0, 0.05) is 26.2 Å². The number of morpholine rings is 1. The summed E-state index contributed by atoms with van der Waals surface area (Å²) < 4.78 is 8.68. The van der Waals surface area contributed by atoms with Gasteiger partial charge in [0.15, 0.2) is 0 Å². The van der Waals surface area contributed by atoms with E-state index in [4.69, 9.17) is 10.5 Å². The smallest absolute Gasteiger partial charge is 0.329 e. The molecule has 0 spiro atoms. The highest BCUT2D eigenvalue weighted by Crippen LogP contribution is 2.22. The number of fused-ring (bicyclic) bond motifs is 1. The van der Waals surface area contributed by atoms with E-state index in [2.05, 4.69) is 4.90 Å². The van der Waals surface area contributed by atoms with Crippen molar-refractivity contribution in [3.63, 3.8) is 0 Å². The van der Waals surface area contributed by atoms with E-state index < -0.39 is 11.9 Å². The van der Waals surface area contributed by atoms with E-state index >= 15 is 0 Å². The number of para-hydroxylation sites is 2. The molecule has 0 radical (unpaired) electrons. The Morgan fingerprint density at radius 3 is 2.40 bits per heavy atom. The van der Waals surface area contributed by atoms with Gasteiger partial charge in [-0.2, -0.15) is 0 Å². The van der Waals surface area contributed by atoms with E-state index in [1.807, 2.05) is 38.1 Å². The van der Waals surface area contributed by atoms with Gasteiger partial charge in [0.05, 0.1) is 24.2 Å². The summed E-state index contributed by atoms with van der Waals surface area (Å²) in [7, 11) is 0. The average molecular weight is 346 g/mol. The van der Waals surface area contributed by atoms with E-state index in [9.17, 15) is 9.59 Å². The Morgan fingerprint density at radius 2 is 1.80 bits per heavy atom. The maximum absolute atomic E-state index is 13.1. The number of primary amides is 1. The first-order chi connectivity index (χ1) is 12.0. The van der Waals surface area contributed by atoms with Crippen molar-refractivity contribution in [1.82, 2.24) is 14.0 Å². The van der Waals surface area contributed by atoms with Crippen molar-refractivity contribution >= 4 is 16.9 Å². The van der Waals surface area contributed by atoms with Crippen LogP contribution >= 0.6 is 0 Å². The number of ether oxygens (including phenoxy) is 1. The Morgan fingerprint density at radius 1 is 1.16 bits per heavy atom. The number of amides is 1. The van der Waals surface area contributed by atoms with Gasteiger partial charge in [-0.05, 0) is 18.1 Å². The number of benzene rings is 1. The molecule has 1 aromatic carbocycles. The summed E-state index contributed by atoms with van der Waals surface area (Å²) in [4.78, 5) is 27.4. The fourth-order valence-corrected chi connectivity index (χ4v) is 3.54. The van der Waals surface area contributed by atoms with E-state index in [1.54, 1.807) is 9.13 Å². The Bertz CT molecular complexity index is 802. The highest BCUT2D eigenvalue weighted by Gasteiger charge is 2.27. The van der Waals surface area contributed by atoms with Crippen molar-refractivity contribution in [3.8, 4) is 0 Å². The number of nitrogens with two attached hydrogens (primary N) is 1. The molecule has 136 valence electrons. The van der Waals surface area contributed by atoms with Crippen molar-refractivity contribution in [2.24, 2.45) is 11.7 Å². The van der Waals surface area contributed by atoms with Gasteiger partial charge in [0.2, 0.25) is 5.91 Å².